The summed E-state index contributed by atoms with van der Waals surface area (Å²) in [6.45, 7) is 5.00. The number of benzene rings is 1. The Balaban J connectivity index is 1.75. The van der Waals surface area contributed by atoms with Gasteiger partial charge < -0.3 is 15.0 Å². The summed E-state index contributed by atoms with van der Waals surface area (Å²) in [7, 11) is 2.18. The van der Waals surface area contributed by atoms with E-state index in [2.05, 4.69) is 28.3 Å². The molecule has 1 saturated heterocycles. The molecule has 1 N–H and O–H groups in total. The Hall–Kier alpha value is -1.33. The second-order valence-corrected chi connectivity index (χ2v) is 6.36. The Morgan fingerprint density at radius 2 is 2.40 bits per heavy atom. The van der Waals surface area contributed by atoms with Gasteiger partial charge in [0.25, 0.3) is 0 Å². The normalized spacial score (nSPS) is 20.2. The highest BCUT2D eigenvalue weighted by Gasteiger charge is 2.18. The fourth-order valence-electron chi connectivity index (χ4n) is 2.68. The molecule has 1 aliphatic rings. The van der Waals surface area contributed by atoms with E-state index in [1.165, 1.54) is 24.1 Å². The van der Waals surface area contributed by atoms with Crippen molar-refractivity contribution in [3.05, 3.63) is 18.2 Å². The summed E-state index contributed by atoms with van der Waals surface area (Å²) in [6.07, 6.45) is 2.48. The minimum Gasteiger partial charge on any atom is -0.494 e. The minimum absolute atomic E-state index is 0.515. The largest absolute Gasteiger partial charge is 0.494 e. The van der Waals surface area contributed by atoms with Crippen LogP contribution in [0.5, 0.6) is 5.75 Å². The van der Waals surface area contributed by atoms with E-state index in [0.29, 0.717) is 12.6 Å². The molecule has 1 aromatic heterocycles. The Morgan fingerprint density at radius 1 is 1.50 bits per heavy atom. The number of fused-ring (bicyclic) bond motifs is 1. The number of likely N-dealkylation sites (tertiary alicyclic amines) is 1. The molecule has 1 unspecified atom stereocenters. The molecule has 1 atom stereocenters. The molecule has 4 nitrogen and oxygen atoms in total. The summed E-state index contributed by atoms with van der Waals surface area (Å²) in [6, 6.07) is 6.62. The fourth-order valence-corrected chi connectivity index (χ4v) is 3.65. The van der Waals surface area contributed by atoms with Crippen LogP contribution in [0, 0.1) is 0 Å². The highest BCUT2D eigenvalue weighted by atomic mass is 32.1. The number of nitrogens with one attached hydrogen (secondary N) is 1. The quantitative estimate of drug-likeness (QED) is 0.938. The van der Waals surface area contributed by atoms with Crippen LogP contribution < -0.4 is 10.1 Å². The van der Waals surface area contributed by atoms with E-state index in [9.17, 15) is 0 Å². The molecule has 108 valence electrons. The maximum atomic E-state index is 5.54. The van der Waals surface area contributed by atoms with Gasteiger partial charge in [-0.1, -0.05) is 11.3 Å². The average Bonchev–Trinajstić information content (AvgIpc) is 2.80. The highest BCUT2D eigenvalue weighted by Crippen LogP contribution is 2.30. The van der Waals surface area contributed by atoms with Crippen LogP contribution in [0.15, 0.2) is 18.2 Å². The third-order valence-electron chi connectivity index (χ3n) is 3.62. The van der Waals surface area contributed by atoms with Gasteiger partial charge in [0.2, 0.25) is 0 Å². The molecule has 3 rings (SSSR count). The van der Waals surface area contributed by atoms with E-state index < -0.39 is 0 Å². The van der Waals surface area contributed by atoms with Gasteiger partial charge in [0.1, 0.15) is 5.75 Å². The van der Waals surface area contributed by atoms with Gasteiger partial charge in [-0.05, 0) is 51.6 Å². The van der Waals surface area contributed by atoms with Crippen LogP contribution in [0.25, 0.3) is 10.2 Å². The molecule has 0 amide bonds. The monoisotopic (exact) mass is 291 g/mol. The number of anilines is 1. The smallest absolute Gasteiger partial charge is 0.184 e. The molecule has 0 radical (unpaired) electrons. The molecule has 0 bridgehead atoms. The standard InChI is InChI=1S/C15H21N3OS/c1-3-19-12-6-7-13-14(9-12)20-15(17-13)16-11-5-4-8-18(2)10-11/h6-7,9,11H,3-5,8,10H2,1-2H3,(H,16,17). The maximum Gasteiger partial charge on any atom is 0.184 e. The van der Waals surface area contributed by atoms with Gasteiger partial charge in [-0.25, -0.2) is 4.98 Å². The van der Waals surface area contributed by atoms with Crippen molar-refractivity contribution in [1.29, 1.82) is 0 Å². The number of ether oxygens (including phenoxy) is 1. The van der Waals surface area contributed by atoms with Crippen molar-refractivity contribution in [1.82, 2.24) is 9.88 Å². The summed E-state index contributed by atoms with van der Waals surface area (Å²) in [5.74, 6) is 0.924. The first-order chi connectivity index (χ1) is 9.74. The molecule has 2 heterocycles. The summed E-state index contributed by atoms with van der Waals surface area (Å²) in [5, 5.41) is 4.60. The van der Waals surface area contributed by atoms with Gasteiger partial charge in [0.05, 0.1) is 16.8 Å². The lowest BCUT2D eigenvalue weighted by molar-refractivity contribution is 0.261. The molecule has 1 aromatic carbocycles. The zero-order valence-corrected chi connectivity index (χ0v) is 12.9. The topological polar surface area (TPSA) is 37.4 Å². The first-order valence-electron chi connectivity index (χ1n) is 7.23. The number of aromatic nitrogens is 1. The number of hydrogen-bond donors (Lipinski definition) is 1. The Bertz CT molecular complexity index is 584. The number of nitrogens with zero attached hydrogens (tertiary/aromatic N) is 2. The van der Waals surface area contributed by atoms with Crippen LogP contribution in [-0.4, -0.2) is 42.7 Å². The van der Waals surface area contributed by atoms with Crippen LogP contribution in [0.1, 0.15) is 19.8 Å². The predicted octanol–water partition coefficient (Wildman–Crippen LogP) is 3.20. The molecule has 20 heavy (non-hydrogen) atoms. The van der Waals surface area contributed by atoms with E-state index >= 15 is 0 Å². The van der Waals surface area contributed by atoms with Crippen molar-refractivity contribution in [2.24, 2.45) is 0 Å². The maximum absolute atomic E-state index is 5.54. The summed E-state index contributed by atoms with van der Waals surface area (Å²) in [4.78, 5) is 7.04. The summed E-state index contributed by atoms with van der Waals surface area (Å²) < 4.78 is 6.72. The van der Waals surface area contributed by atoms with Crippen LogP contribution >= 0.6 is 11.3 Å². The summed E-state index contributed by atoms with van der Waals surface area (Å²) >= 11 is 1.71. The van der Waals surface area contributed by atoms with Crippen LogP contribution in [0.2, 0.25) is 0 Å². The molecular weight excluding hydrogens is 270 g/mol. The van der Waals surface area contributed by atoms with Crippen LogP contribution in [0.3, 0.4) is 0 Å². The van der Waals surface area contributed by atoms with Gasteiger partial charge in [0, 0.05) is 12.6 Å². The van der Waals surface area contributed by atoms with Gasteiger partial charge in [-0.15, -0.1) is 0 Å². The van der Waals surface area contributed by atoms with Crippen molar-refractivity contribution in [2.75, 3.05) is 32.1 Å². The minimum atomic E-state index is 0.515. The molecule has 1 fully saturated rings. The van der Waals surface area contributed by atoms with Crippen LogP contribution in [0.4, 0.5) is 5.13 Å². The average molecular weight is 291 g/mol. The van der Waals surface area contributed by atoms with Crippen molar-refractivity contribution in [2.45, 2.75) is 25.8 Å². The molecule has 1 aliphatic heterocycles. The second-order valence-electron chi connectivity index (χ2n) is 5.33. The van der Waals surface area contributed by atoms with E-state index in [0.717, 1.165) is 22.9 Å². The lowest BCUT2D eigenvalue weighted by Gasteiger charge is -2.29. The molecule has 5 heteroatoms. The van der Waals surface area contributed by atoms with Crippen molar-refractivity contribution in [3.8, 4) is 5.75 Å². The van der Waals surface area contributed by atoms with Gasteiger partial charge in [0.15, 0.2) is 5.13 Å². The van der Waals surface area contributed by atoms with Crippen molar-refractivity contribution < 1.29 is 4.74 Å². The first kappa shape index (κ1) is 13.6. The van der Waals surface area contributed by atoms with E-state index in [4.69, 9.17) is 4.74 Å². The first-order valence-corrected chi connectivity index (χ1v) is 8.04. The second kappa shape index (κ2) is 5.97. The van der Waals surface area contributed by atoms with E-state index in [1.807, 2.05) is 19.1 Å². The summed E-state index contributed by atoms with van der Waals surface area (Å²) in [5.41, 5.74) is 1.05. The van der Waals surface area contributed by atoms with Gasteiger partial charge in [-0.3, -0.25) is 0 Å². The third kappa shape index (κ3) is 3.04. The number of thiazole rings is 1. The van der Waals surface area contributed by atoms with E-state index in [1.54, 1.807) is 11.3 Å². The third-order valence-corrected chi connectivity index (χ3v) is 4.57. The Morgan fingerprint density at radius 3 is 3.20 bits per heavy atom. The van der Waals surface area contributed by atoms with Crippen molar-refractivity contribution >= 4 is 26.7 Å². The molecule has 0 aliphatic carbocycles. The number of hydrogen-bond acceptors (Lipinski definition) is 5. The lowest BCUT2D eigenvalue weighted by atomic mass is 10.1. The molecule has 2 aromatic rings. The molecule has 0 saturated carbocycles. The fraction of sp³-hybridized carbons (Fsp3) is 0.533. The zero-order valence-electron chi connectivity index (χ0n) is 12.1. The van der Waals surface area contributed by atoms with E-state index in [-0.39, 0.29) is 0 Å². The SMILES string of the molecule is CCOc1ccc2nc(NC3CCCN(C)C3)sc2c1. The number of likely N-dealkylation sites (N-methyl/N-ethyl adjacent to an activating group) is 1. The number of piperidine rings is 1. The van der Waals surface area contributed by atoms with Gasteiger partial charge in [-0.2, -0.15) is 0 Å². The number of rotatable bonds is 4. The predicted molar refractivity (Wildman–Crippen MR) is 84.9 cm³/mol. The lowest BCUT2D eigenvalue weighted by Crippen LogP contribution is -2.39. The Labute approximate surface area is 123 Å². The van der Waals surface area contributed by atoms with Crippen molar-refractivity contribution in [3.63, 3.8) is 0 Å². The Kier molecular flexibility index (Phi) is 4.08. The van der Waals surface area contributed by atoms with Gasteiger partial charge >= 0.3 is 0 Å². The highest BCUT2D eigenvalue weighted by molar-refractivity contribution is 7.22. The molecular formula is C15H21N3OS. The van der Waals surface area contributed by atoms with Crippen LogP contribution in [-0.2, 0) is 0 Å². The zero-order chi connectivity index (χ0) is 13.9. The molecule has 0 spiro atoms.